The van der Waals surface area contributed by atoms with E-state index in [0.717, 1.165) is 18.2 Å². The Bertz CT molecular complexity index is 605. The van der Waals surface area contributed by atoms with E-state index >= 15 is 0 Å². The predicted molar refractivity (Wildman–Crippen MR) is 63.9 cm³/mol. The smallest absolute Gasteiger partial charge is 0.339 e. The maximum Gasteiger partial charge on any atom is 0.339 e. The number of aromatic carboxylic acids is 1. The third kappa shape index (κ3) is 2.87. The van der Waals surface area contributed by atoms with Crippen molar-refractivity contribution in [1.29, 1.82) is 0 Å². The average molecular weight is 267 g/mol. The third-order valence-corrected chi connectivity index (χ3v) is 2.61. The van der Waals surface area contributed by atoms with Crippen LogP contribution in [0.3, 0.4) is 0 Å². The maximum absolute atomic E-state index is 13.0. The van der Waals surface area contributed by atoms with E-state index in [0.29, 0.717) is 5.69 Å². The van der Waals surface area contributed by atoms with Crippen LogP contribution in [0.1, 0.15) is 16.1 Å². The lowest BCUT2D eigenvalue weighted by molar-refractivity contribution is 0.0695. The van der Waals surface area contributed by atoms with Crippen molar-refractivity contribution in [3.05, 3.63) is 47.3 Å². The summed E-state index contributed by atoms with van der Waals surface area (Å²) in [6, 6.07) is 3.01. The molecule has 0 saturated heterocycles. The molecule has 2 rings (SSSR count). The van der Waals surface area contributed by atoms with Crippen LogP contribution in [0.15, 0.2) is 24.4 Å². The fourth-order valence-corrected chi connectivity index (χ4v) is 1.69. The number of nitrogens with zero attached hydrogens (tertiary/aromatic N) is 2. The van der Waals surface area contributed by atoms with Crippen LogP contribution in [0, 0.1) is 11.6 Å². The molecule has 0 aliphatic rings. The molecule has 0 atom stereocenters. The summed E-state index contributed by atoms with van der Waals surface area (Å²) in [5.74, 6) is -2.51. The number of hydrogen-bond donors (Lipinski definition) is 2. The second kappa shape index (κ2) is 5.05. The van der Waals surface area contributed by atoms with E-state index in [4.69, 9.17) is 5.11 Å². The molecule has 2 N–H and O–H groups in total. The highest BCUT2D eigenvalue weighted by molar-refractivity contribution is 5.88. The summed E-state index contributed by atoms with van der Waals surface area (Å²) in [6.07, 6.45) is 1.23. The number of carbonyl (C=O) groups is 1. The molecular formula is C12H11F2N3O2. The lowest BCUT2D eigenvalue weighted by atomic mass is 10.2. The second-order valence-electron chi connectivity index (χ2n) is 3.95. The Labute approximate surface area is 107 Å². The zero-order valence-corrected chi connectivity index (χ0v) is 10.0. The van der Waals surface area contributed by atoms with Gasteiger partial charge >= 0.3 is 5.97 Å². The number of hydrogen-bond acceptors (Lipinski definition) is 3. The van der Waals surface area contributed by atoms with Crippen LogP contribution in [0.2, 0.25) is 0 Å². The molecular weight excluding hydrogens is 256 g/mol. The molecule has 100 valence electrons. The van der Waals surface area contributed by atoms with Gasteiger partial charge in [0.05, 0.1) is 18.4 Å². The van der Waals surface area contributed by atoms with Crippen LogP contribution < -0.4 is 5.32 Å². The Morgan fingerprint density at radius 3 is 2.58 bits per heavy atom. The van der Waals surface area contributed by atoms with Gasteiger partial charge in [0.25, 0.3) is 0 Å². The first-order chi connectivity index (χ1) is 8.97. The van der Waals surface area contributed by atoms with E-state index in [2.05, 4.69) is 10.4 Å². The minimum absolute atomic E-state index is 0.0480. The average Bonchev–Trinajstić information content (AvgIpc) is 2.67. The number of halogens is 2. The summed E-state index contributed by atoms with van der Waals surface area (Å²) in [5.41, 5.74) is 0.694. The van der Waals surface area contributed by atoms with E-state index in [1.807, 2.05) is 0 Å². The molecule has 1 aromatic heterocycles. The Hall–Kier alpha value is -2.44. The molecule has 0 aliphatic carbocycles. The van der Waals surface area contributed by atoms with Gasteiger partial charge in [0.1, 0.15) is 17.2 Å². The highest BCUT2D eigenvalue weighted by Gasteiger charge is 2.14. The fraction of sp³-hybridized carbons (Fsp3) is 0.167. The summed E-state index contributed by atoms with van der Waals surface area (Å²) < 4.78 is 27.4. The van der Waals surface area contributed by atoms with Crippen molar-refractivity contribution in [1.82, 2.24) is 9.78 Å². The van der Waals surface area contributed by atoms with Gasteiger partial charge in [-0.2, -0.15) is 5.10 Å². The van der Waals surface area contributed by atoms with Gasteiger partial charge in [-0.3, -0.25) is 4.68 Å². The maximum atomic E-state index is 13.0. The molecule has 0 spiro atoms. The van der Waals surface area contributed by atoms with Crippen LogP contribution in [-0.2, 0) is 13.6 Å². The molecule has 0 aliphatic heterocycles. The number of anilines is 1. The van der Waals surface area contributed by atoms with Crippen molar-refractivity contribution in [3.8, 4) is 0 Å². The Morgan fingerprint density at radius 1 is 1.37 bits per heavy atom. The molecule has 0 amide bonds. The number of carboxylic acids is 1. The van der Waals surface area contributed by atoms with Gasteiger partial charge in [-0.25, -0.2) is 13.6 Å². The monoisotopic (exact) mass is 267 g/mol. The van der Waals surface area contributed by atoms with Gasteiger partial charge in [0.2, 0.25) is 0 Å². The van der Waals surface area contributed by atoms with Crippen molar-refractivity contribution in [2.24, 2.45) is 7.05 Å². The van der Waals surface area contributed by atoms with Crippen molar-refractivity contribution in [2.45, 2.75) is 6.54 Å². The molecule has 2 aromatic rings. The molecule has 0 unspecified atom stereocenters. The normalized spacial score (nSPS) is 10.5. The summed E-state index contributed by atoms with van der Waals surface area (Å²) in [6.45, 7) is 0.0982. The lowest BCUT2D eigenvalue weighted by Gasteiger charge is -2.08. The highest BCUT2D eigenvalue weighted by atomic mass is 19.1. The van der Waals surface area contributed by atoms with Gasteiger partial charge in [0.15, 0.2) is 0 Å². The van der Waals surface area contributed by atoms with Gasteiger partial charge in [-0.15, -0.1) is 0 Å². The number of nitrogens with one attached hydrogen (secondary N) is 1. The number of rotatable bonds is 4. The molecule has 0 saturated carbocycles. The topological polar surface area (TPSA) is 67.2 Å². The molecule has 0 radical (unpaired) electrons. The van der Waals surface area contributed by atoms with E-state index in [9.17, 15) is 13.6 Å². The molecule has 5 nitrogen and oxygen atoms in total. The molecule has 1 heterocycles. The molecule has 1 aromatic carbocycles. The highest BCUT2D eigenvalue weighted by Crippen LogP contribution is 2.15. The standard InChI is InChI=1S/C12H11F2N3O2/c1-17-11(10(5-16-17)12(18)19)6-15-9-3-7(13)2-8(14)4-9/h2-5,15H,6H2,1H3,(H,18,19). The van der Waals surface area contributed by atoms with Crippen molar-refractivity contribution in [2.75, 3.05) is 5.32 Å². The second-order valence-corrected chi connectivity index (χ2v) is 3.95. The van der Waals surface area contributed by atoms with Crippen molar-refractivity contribution >= 4 is 11.7 Å². The van der Waals surface area contributed by atoms with Crippen LogP contribution in [0.25, 0.3) is 0 Å². The van der Waals surface area contributed by atoms with Crippen LogP contribution in [-0.4, -0.2) is 20.9 Å². The first kappa shape index (κ1) is 13.0. The zero-order valence-electron chi connectivity index (χ0n) is 10.0. The Morgan fingerprint density at radius 2 is 2.00 bits per heavy atom. The lowest BCUT2D eigenvalue weighted by Crippen LogP contribution is -2.10. The largest absolute Gasteiger partial charge is 0.478 e. The van der Waals surface area contributed by atoms with Gasteiger partial charge in [0, 0.05) is 18.8 Å². The quantitative estimate of drug-likeness (QED) is 0.889. The van der Waals surface area contributed by atoms with Crippen LogP contribution >= 0.6 is 0 Å². The Balaban J connectivity index is 2.18. The first-order valence-electron chi connectivity index (χ1n) is 5.41. The SMILES string of the molecule is Cn1ncc(C(=O)O)c1CNc1cc(F)cc(F)c1. The minimum Gasteiger partial charge on any atom is -0.478 e. The van der Waals surface area contributed by atoms with Gasteiger partial charge in [-0.1, -0.05) is 0 Å². The number of carboxylic acid groups (broad SMARTS) is 1. The van der Waals surface area contributed by atoms with E-state index in [1.165, 1.54) is 10.9 Å². The Kier molecular flexibility index (Phi) is 3.46. The van der Waals surface area contributed by atoms with Crippen molar-refractivity contribution in [3.63, 3.8) is 0 Å². The zero-order chi connectivity index (χ0) is 14.0. The third-order valence-electron chi connectivity index (χ3n) is 2.61. The van der Waals surface area contributed by atoms with Gasteiger partial charge < -0.3 is 10.4 Å². The van der Waals surface area contributed by atoms with E-state index in [-0.39, 0.29) is 17.8 Å². The molecule has 0 bridgehead atoms. The number of benzene rings is 1. The van der Waals surface area contributed by atoms with Gasteiger partial charge in [-0.05, 0) is 12.1 Å². The summed E-state index contributed by atoms with van der Waals surface area (Å²) in [7, 11) is 1.59. The molecule has 7 heteroatoms. The van der Waals surface area contributed by atoms with Crippen molar-refractivity contribution < 1.29 is 18.7 Å². The van der Waals surface area contributed by atoms with E-state index < -0.39 is 17.6 Å². The molecule has 0 fully saturated rings. The first-order valence-corrected chi connectivity index (χ1v) is 5.41. The van der Waals surface area contributed by atoms with Crippen LogP contribution in [0.4, 0.5) is 14.5 Å². The fourth-order valence-electron chi connectivity index (χ4n) is 1.69. The number of aryl methyl sites for hydroxylation is 1. The summed E-state index contributed by atoms with van der Waals surface area (Å²) in [4.78, 5) is 11.0. The summed E-state index contributed by atoms with van der Waals surface area (Å²) in [5, 5.41) is 15.6. The van der Waals surface area contributed by atoms with E-state index in [1.54, 1.807) is 7.05 Å². The van der Waals surface area contributed by atoms with Crippen LogP contribution in [0.5, 0.6) is 0 Å². The minimum atomic E-state index is -1.10. The molecule has 19 heavy (non-hydrogen) atoms. The predicted octanol–water partition coefficient (Wildman–Crippen LogP) is 2.01. The summed E-state index contributed by atoms with van der Waals surface area (Å²) >= 11 is 0. The number of aromatic nitrogens is 2.